The van der Waals surface area contributed by atoms with Crippen molar-refractivity contribution >= 4 is 45.0 Å². The van der Waals surface area contributed by atoms with Gasteiger partial charge in [0.05, 0.1) is 10.0 Å². The number of halogens is 2. The Hall–Kier alpha value is -1.67. The van der Waals surface area contributed by atoms with Crippen LogP contribution in [0.3, 0.4) is 0 Å². The van der Waals surface area contributed by atoms with Crippen LogP contribution in [0.15, 0.2) is 41.3 Å². The quantitative estimate of drug-likeness (QED) is 0.753. The van der Waals surface area contributed by atoms with Crippen molar-refractivity contribution in [3.05, 3.63) is 52.1 Å². The molecule has 1 aromatic carbocycles. The fourth-order valence-electron chi connectivity index (χ4n) is 2.27. The summed E-state index contributed by atoms with van der Waals surface area (Å²) in [4.78, 5) is 16.5. The van der Waals surface area contributed by atoms with E-state index in [-0.39, 0.29) is 20.9 Å². The second kappa shape index (κ2) is 8.35. The number of aryl methyl sites for hydroxylation is 1. The van der Waals surface area contributed by atoms with E-state index in [9.17, 15) is 13.2 Å². The Kier molecular flexibility index (Phi) is 6.63. The van der Waals surface area contributed by atoms with Gasteiger partial charge in [-0.2, -0.15) is 4.72 Å². The summed E-state index contributed by atoms with van der Waals surface area (Å²) >= 11 is 12.0. The third-order valence-corrected chi connectivity index (χ3v) is 5.95. The lowest BCUT2D eigenvalue weighted by Crippen LogP contribution is -2.47. The highest BCUT2D eigenvalue weighted by molar-refractivity contribution is 7.89. The number of amides is 1. The van der Waals surface area contributed by atoms with Crippen molar-refractivity contribution in [2.75, 3.05) is 5.32 Å². The highest BCUT2D eigenvalue weighted by Gasteiger charge is 2.31. The molecule has 0 saturated carbocycles. The van der Waals surface area contributed by atoms with Crippen molar-refractivity contribution in [2.24, 2.45) is 5.92 Å². The molecule has 1 aromatic heterocycles. The molecule has 0 fully saturated rings. The topological polar surface area (TPSA) is 88.2 Å². The zero-order chi connectivity index (χ0) is 19.5. The van der Waals surface area contributed by atoms with E-state index < -0.39 is 22.0 Å². The summed E-state index contributed by atoms with van der Waals surface area (Å²) in [5.74, 6) is -0.503. The lowest BCUT2D eigenvalue weighted by atomic mass is 10.1. The number of carbonyl (C=O) groups excluding carboxylic acids is 1. The molecule has 0 unspecified atom stereocenters. The van der Waals surface area contributed by atoms with Crippen LogP contribution < -0.4 is 10.0 Å². The predicted octanol–water partition coefficient (Wildman–Crippen LogP) is 3.64. The zero-order valence-electron chi connectivity index (χ0n) is 14.5. The molecule has 26 heavy (non-hydrogen) atoms. The van der Waals surface area contributed by atoms with Crippen LogP contribution in [0, 0.1) is 12.8 Å². The van der Waals surface area contributed by atoms with Crippen molar-refractivity contribution < 1.29 is 13.2 Å². The number of nitrogens with zero attached hydrogens (tertiary/aromatic N) is 1. The van der Waals surface area contributed by atoms with Crippen molar-refractivity contribution in [2.45, 2.75) is 31.7 Å². The third-order valence-electron chi connectivity index (χ3n) is 3.56. The van der Waals surface area contributed by atoms with Gasteiger partial charge in [-0.15, -0.1) is 0 Å². The maximum Gasteiger partial charge on any atom is 0.244 e. The number of aromatic nitrogens is 1. The number of rotatable bonds is 6. The van der Waals surface area contributed by atoms with E-state index in [1.807, 2.05) is 0 Å². The molecule has 1 amide bonds. The molecular weight excluding hydrogens is 397 g/mol. The molecule has 0 spiro atoms. The van der Waals surface area contributed by atoms with E-state index in [0.29, 0.717) is 5.82 Å². The fourth-order valence-corrected chi connectivity index (χ4v) is 4.76. The number of hydrogen-bond acceptors (Lipinski definition) is 4. The Labute approximate surface area is 163 Å². The minimum absolute atomic E-state index is 0.0201. The standard InChI is InChI=1S/C17H19Cl2N3O3S/c1-10(2)15(17(23)21-14-9-4-6-11(3)20-14)22-26(24,25)16-12(18)7-5-8-13(16)19/h4-10,15,22H,1-3H3,(H,20,21,23)/t15-/m1/s1. The molecular formula is C17H19Cl2N3O3S. The molecule has 0 aliphatic heterocycles. The highest BCUT2D eigenvalue weighted by Crippen LogP contribution is 2.29. The first-order chi connectivity index (χ1) is 12.1. The second-order valence-corrected chi connectivity index (χ2v) is 8.51. The van der Waals surface area contributed by atoms with Gasteiger partial charge >= 0.3 is 0 Å². The largest absolute Gasteiger partial charge is 0.309 e. The Morgan fingerprint density at radius 1 is 1.08 bits per heavy atom. The summed E-state index contributed by atoms with van der Waals surface area (Å²) in [6.07, 6.45) is 0. The summed E-state index contributed by atoms with van der Waals surface area (Å²) < 4.78 is 27.8. The first-order valence-corrected chi connectivity index (χ1v) is 10.1. The number of anilines is 1. The fraction of sp³-hybridized carbons (Fsp3) is 0.294. The van der Waals surface area contributed by atoms with Crippen LogP contribution in [-0.2, 0) is 14.8 Å². The Morgan fingerprint density at radius 3 is 2.19 bits per heavy atom. The molecule has 0 radical (unpaired) electrons. The molecule has 0 bridgehead atoms. The van der Waals surface area contributed by atoms with Crippen LogP contribution in [0.25, 0.3) is 0 Å². The molecule has 2 aromatic rings. The molecule has 0 aliphatic rings. The normalized spacial score (nSPS) is 12.8. The minimum atomic E-state index is -4.11. The van der Waals surface area contributed by atoms with Gasteiger partial charge in [0.25, 0.3) is 0 Å². The first-order valence-electron chi connectivity index (χ1n) is 7.82. The van der Waals surface area contributed by atoms with E-state index >= 15 is 0 Å². The number of pyridine rings is 1. The summed E-state index contributed by atoms with van der Waals surface area (Å²) in [6, 6.07) is 8.51. The van der Waals surface area contributed by atoms with Crippen LogP contribution in [0.4, 0.5) is 5.82 Å². The highest BCUT2D eigenvalue weighted by atomic mass is 35.5. The van der Waals surface area contributed by atoms with Gasteiger partial charge in [0.15, 0.2) is 0 Å². The van der Waals surface area contributed by atoms with Gasteiger partial charge in [-0.3, -0.25) is 4.79 Å². The number of sulfonamides is 1. The number of nitrogens with one attached hydrogen (secondary N) is 2. The van der Waals surface area contributed by atoms with Gasteiger partial charge in [0.2, 0.25) is 15.9 Å². The summed E-state index contributed by atoms with van der Waals surface area (Å²) in [5, 5.41) is 2.58. The van der Waals surface area contributed by atoms with Crippen LogP contribution in [0.5, 0.6) is 0 Å². The smallest absolute Gasteiger partial charge is 0.244 e. The molecule has 1 atom stereocenters. The monoisotopic (exact) mass is 415 g/mol. The molecule has 140 valence electrons. The van der Waals surface area contributed by atoms with Crippen LogP contribution in [0.1, 0.15) is 19.5 Å². The summed E-state index contributed by atoms with van der Waals surface area (Å²) in [7, 11) is -4.11. The Morgan fingerprint density at radius 2 is 1.65 bits per heavy atom. The van der Waals surface area contributed by atoms with E-state index in [2.05, 4.69) is 15.0 Å². The van der Waals surface area contributed by atoms with Crippen LogP contribution in [-0.4, -0.2) is 25.4 Å². The number of benzene rings is 1. The molecule has 0 saturated heterocycles. The zero-order valence-corrected chi connectivity index (χ0v) is 16.8. The van der Waals surface area contributed by atoms with Gasteiger partial charge in [-0.1, -0.05) is 49.2 Å². The minimum Gasteiger partial charge on any atom is -0.309 e. The van der Waals surface area contributed by atoms with Crippen molar-refractivity contribution in [3.63, 3.8) is 0 Å². The van der Waals surface area contributed by atoms with E-state index in [4.69, 9.17) is 23.2 Å². The van der Waals surface area contributed by atoms with Gasteiger partial charge < -0.3 is 5.32 Å². The lowest BCUT2D eigenvalue weighted by molar-refractivity contribution is -0.118. The van der Waals surface area contributed by atoms with Crippen molar-refractivity contribution in [1.82, 2.24) is 9.71 Å². The second-order valence-electron chi connectivity index (χ2n) is 6.05. The molecule has 2 N–H and O–H groups in total. The van der Waals surface area contributed by atoms with E-state index in [1.54, 1.807) is 45.0 Å². The predicted molar refractivity (Wildman–Crippen MR) is 103 cm³/mol. The lowest BCUT2D eigenvalue weighted by Gasteiger charge is -2.22. The number of carbonyl (C=O) groups is 1. The Balaban J connectivity index is 2.28. The third kappa shape index (κ3) is 4.94. The molecule has 9 heteroatoms. The van der Waals surface area contributed by atoms with Crippen LogP contribution >= 0.6 is 23.2 Å². The summed E-state index contributed by atoms with van der Waals surface area (Å²) in [6.45, 7) is 5.24. The Bertz CT molecular complexity index is 897. The average molecular weight is 416 g/mol. The first kappa shape index (κ1) is 20.6. The van der Waals surface area contributed by atoms with Crippen LogP contribution in [0.2, 0.25) is 10.0 Å². The van der Waals surface area contributed by atoms with E-state index in [0.717, 1.165) is 5.69 Å². The van der Waals surface area contributed by atoms with Gasteiger partial charge in [-0.25, -0.2) is 13.4 Å². The van der Waals surface area contributed by atoms with Gasteiger partial charge in [-0.05, 0) is 37.1 Å². The van der Waals surface area contributed by atoms with Crippen molar-refractivity contribution in [3.8, 4) is 0 Å². The van der Waals surface area contributed by atoms with E-state index in [1.165, 1.54) is 12.1 Å². The molecule has 2 rings (SSSR count). The molecule has 1 heterocycles. The van der Waals surface area contributed by atoms with Gasteiger partial charge in [0.1, 0.15) is 16.8 Å². The maximum absolute atomic E-state index is 12.7. The molecule has 6 nitrogen and oxygen atoms in total. The average Bonchev–Trinajstić information content (AvgIpc) is 2.52. The number of hydrogen-bond donors (Lipinski definition) is 2. The summed E-state index contributed by atoms with van der Waals surface area (Å²) in [5.41, 5.74) is 0.729. The van der Waals surface area contributed by atoms with Gasteiger partial charge in [0, 0.05) is 5.69 Å². The SMILES string of the molecule is Cc1cccc(NC(=O)[C@H](NS(=O)(=O)c2c(Cl)cccc2Cl)C(C)C)n1. The van der Waals surface area contributed by atoms with Crippen molar-refractivity contribution in [1.29, 1.82) is 0 Å². The molecule has 0 aliphatic carbocycles. The maximum atomic E-state index is 12.7.